The highest BCUT2D eigenvalue weighted by Crippen LogP contribution is 2.37. The monoisotopic (exact) mass is 224 g/mol. The van der Waals surface area contributed by atoms with Gasteiger partial charge in [-0.05, 0) is 29.2 Å². The Balaban J connectivity index is 2.08. The Morgan fingerprint density at radius 2 is 1.94 bits per heavy atom. The molecule has 1 aliphatic rings. The maximum atomic E-state index is 5.84. The zero-order valence-corrected chi connectivity index (χ0v) is 10.1. The molecule has 17 heavy (non-hydrogen) atoms. The molecular formula is C16H16O. The van der Waals surface area contributed by atoms with Crippen molar-refractivity contribution < 1.29 is 4.74 Å². The normalized spacial score (nSPS) is 12.5. The van der Waals surface area contributed by atoms with Crippen LogP contribution in [0.25, 0.3) is 11.1 Å². The predicted octanol–water partition coefficient (Wildman–Crippen LogP) is 4.20. The highest BCUT2D eigenvalue weighted by Gasteiger charge is 2.16. The van der Waals surface area contributed by atoms with Crippen molar-refractivity contribution in [2.24, 2.45) is 0 Å². The molecule has 1 heteroatoms. The molecule has 0 aromatic heterocycles. The van der Waals surface area contributed by atoms with Gasteiger partial charge in [-0.2, -0.15) is 0 Å². The molecule has 0 unspecified atom stereocenters. The van der Waals surface area contributed by atoms with Crippen LogP contribution in [0.2, 0.25) is 0 Å². The lowest BCUT2D eigenvalue weighted by Crippen LogP contribution is -2.05. The third-order valence-corrected chi connectivity index (χ3v) is 3.28. The molecule has 0 fully saturated rings. The lowest BCUT2D eigenvalue weighted by Gasteiger charge is -2.21. The van der Waals surface area contributed by atoms with E-state index in [0.29, 0.717) is 6.61 Å². The number of aryl methyl sites for hydroxylation is 1. The topological polar surface area (TPSA) is 9.23 Å². The van der Waals surface area contributed by atoms with E-state index in [0.717, 1.165) is 12.2 Å². The van der Waals surface area contributed by atoms with Gasteiger partial charge in [0, 0.05) is 5.56 Å². The van der Waals surface area contributed by atoms with Gasteiger partial charge in [-0.15, -0.1) is 0 Å². The number of hydrogen-bond donors (Lipinski definition) is 0. The van der Waals surface area contributed by atoms with Crippen LogP contribution in [0.5, 0.6) is 5.75 Å². The van der Waals surface area contributed by atoms with Crippen molar-refractivity contribution in [2.45, 2.75) is 26.4 Å². The maximum absolute atomic E-state index is 5.84. The summed E-state index contributed by atoms with van der Waals surface area (Å²) >= 11 is 0. The Bertz CT molecular complexity index is 543. The van der Waals surface area contributed by atoms with Crippen molar-refractivity contribution in [1.29, 1.82) is 0 Å². The molecule has 0 saturated heterocycles. The summed E-state index contributed by atoms with van der Waals surface area (Å²) in [6, 6.07) is 15.1. The Morgan fingerprint density at radius 3 is 2.82 bits per heavy atom. The van der Waals surface area contributed by atoms with Crippen molar-refractivity contribution in [1.82, 2.24) is 0 Å². The van der Waals surface area contributed by atoms with E-state index in [1.165, 1.54) is 28.7 Å². The van der Waals surface area contributed by atoms with Crippen LogP contribution in [0, 0.1) is 0 Å². The van der Waals surface area contributed by atoms with Gasteiger partial charge in [-0.1, -0.05) is 49.7 Å². The lowest BCUT2D eigenvalue weighted by molar-refractivity contribution is 0.302. The standard InChI is InChI=1S/C16H16O/c1-2-5-12-8-9-15-14-7-4-3-6-13(14)11-17-16(15)10-12/h3-4,6-10H,2,5,11H2,1H3. The highest BCUT2D eigenvalue weighted by molar-refractivity contribution is 5.75. The van der Waals surface area contributed by atoms with Crippen molar-refractivity contribution in [3.05, 3.63) is 53.6 Å². The second-order valence-electron chi connectivity index (χ2n) is 4.53. The smallest absolute Gasteiger partial charge is 0.127 e. The van der Waals surface area contributed by atoms with E-state index < -0.39 is 0 Å². The largest absolute Gasteiger partial charge is 0.488 e. The molecule has 0 aliphatic carbocycles. The number of benzene rings is 2. The van der Waals surface area contributed by atoms with Crippen molar-refractivity contribution in [2.75, 3.05) is 0 Å². The van der Waals surface area contributed by atoms with Gasteiger partial charge in [0.2, 0.25) is 0 Å². The van der Waals surface area contributed by atoms with E-state index in [1.807, 2.05) is 0 Å². The molecule has 86 valence electrons. The van der Waals surface area contributed by atoms with Gasteiger partial charge in [0.1, 0.15) is 12.4 Å². The van der Waals surface area contributed by atoms with Crippen LogP contribution in [0.3, 0.4) is 0 Å². The molecule has 2 aromatic carbocycles. The van der Waals surface area contributed by atoms with Crippen molar-refractivity contribution >= 4 is 0 Å². The van der Waals surface area contributed by atoms with Crippen LogP contribution in [0.1, 0.15) is 24.5 Å². The molecule has 0 atom stereocenters. The number of ether oxygens (including phenoxy) is 1. The summed E-state index contributed by atoms with van der Waals surface area (Å²) in [6.07, 6.45) is 2.30. The first-order valence-electron chi connectivity index (χ1n) is 6.22. The van der Waals surface area contributed by atoms with Gasteiger partial charge < -0.3 is 4.74 Å². The molecular weight excluding hydrogens is 208 g/mol. The first-order chi connectivity index (χ1) is 8.38. The lowest BCUT2D eigenvalue weighted by atomic mass is 9.95. The van der Waals surface area contributed by atoms with E-state index >= 15 is 0 Å². The van der Waals surface area contributed by atoms with E-state index in [2.05, 4.69) is 49.4 Å². The Labute approximate surface area is 102 Å². The second kappa shape index (κ2) is 4.25. The van der Waals surface area contributed by atoms with Crippen LogP contribution < -0.4 is 4.74 Å². The molecule has 3 rings (SSSR count). The summed E-state index contributed by atoms with van der Waals surface area (Å²) in [5.41, 5.74) is 5.19. The van der Waals surface area contributed by atoms with E-state index in [4.69, 9.17) is 4.74 Å². The minimum absolute atomic E-state index is 0.693. The van der Waals surface area contributed by atoms with Crippen LogP contribution in [0.4, 0.5) is 0 Å². The number of hydrogen-bond acceptors (Lipinski definition) is 1. The first kappa shape index (κ1) is 10.4. The van der Waals surface area contributed by atoms with Gasteiger partial charge in [0.05, 0.1) is 0 Å². The molecule has 0 spiro atoms. The highest BCUT2D eigenvalue weighted by atomic mass is 16.5. The summed E-state index contributed by atoms with van der Waals surface area (Å²) < 4.78 is 5.84. The van der Waals surface area contributed by atoms with E-state index in [9.17, 15) is 0 Å². The average Bonchev–Trinajstić information content (AvgIpc) is 2.39. The molecule has 0 bridgehead atoms. The number of rotatable bonds is 2. The Hall–Kier alpha value is -1.76. The summed E-state index contributed by atoms with van der Waals surface area (Å²) in [6.45, 7) is 2.90. The zero-order chi connectivity index (χ0) is 11.7. The summed E-state index contributed by atoms with van der Waals surface area (Å²) in [5, 5.41) is 0. The fourth-order valence-corrected chi connectivity index (χ4v) is 2.42. The fourth-order valence-electron chi connectivity index (χ4n) is 2.42. The van der Waals surface area contributed by atoms with E-state index in [-0.39, 0.29) is 0 Å². The van der Waals surface area contributed by atoms with Crippen LogP contribution in [0.15, 0.2) is 42.5 Å². The van der Waals surface area contributed by atoms with Gasteiger partial charge in [0.25, 0.3) is 0 Å². The predicted molar refractivity (Wildman–Crippen MR) is 70.2 cm³/mol. The van der Waals surface area contributed by atoms with Crippen molar-refractivity contribution in [3.8, 4) is 16.9 Å². The summed E-state index contributed by atoms with van der Waals surface area (Å²) in [4.78, 5) is 0. The Kier molecular flexibility index (Phi) is 2.60. The van der Waals surface area contributed by atoms with Crippen LogP contribution >= 0.6 is 0 Å². The average molecular weight is 224 g/mol. The maximum Gasteiger partial charge on any atom is 0.127 e. The van der Waals surface area contributed by atoms with Gasteiger partial charge in [-0.25, -0.2) is 0 Å². The van der Waals surface area contributed by atoms with Gasteiger partial charge in [-0.3, -0.25) is 0 Å². The van der Waals surface area contributed by atoms with E-state index in [1.54, 1.807) is 0 Å². The molecule has 0 N–H and O–H groups in total. The van der Waals surface area contributed by atoms with Gasteiger partial charge >= 0.3 is 0 Å². The SMILES string of the molecule is CCCc1ccc2c(c1)OCc1ccccc1-2. The molecule has 1 nitrogen and oxygen atoms in total. The van der Waals surface area contributed by atoms with Gasteiger partial charge in [0.15, 0.2) is 0 Å². The molecule has 1 heterocycles. The third-order valence-electron chi connectivity index (χ3n) is 3.28. The van der Waals surface area contributed by atoms with Crippen molar-refractivity contribution in [3.63, 3.8) is 0 Å². The molecule has 0 amide bonds. The number of fused-ring (bicyclic) bond motifs is 3. The summed E-state index contributed by atoms with van der Waals surface area (Å²) in [7, 11) is 0. The third kappa shape index (κ3) is 1.82. The second-order valence-corrected chi connectivity index (χ2v) is 4.53. The molecule has 2 aromatic rings. The minimum Gasteiger partial charge on any atom is -0.488 e. The minimum atomic E-state index is 0.693. The van der Waals surface area contributed by atoms with Crippen LogP contribution in [-0.4, -0.2) is 0 Å². The molecule has 0 radical (unpaired) electrons. The zero-order valence-electron chi connectivity index (χ0n) is 10.1. The fraction of sp³-hybridized carbons (Fsp3) is 0.250. The molecule has 1 aliphatic heterocycles. The summed E-state index contributed by atoms with van der Waals surface area (Å²) in [5.74, 6) is 1.04. The first-order valence-corrected chi connectivity index (χ1v) is 6.22. The Morgan fingerprint density at radius 1 is 1.06 bits per heavy atom. The molecule has 0 saturated carbocycles. The quantitative estimate of drug-likeness (QED) is 0.743. The van der Waals surface area contributed by atoms with Crippen LogP contribution in [-0.2, 0) is 13.0 Å².